The Hall–Kier alpha value is -0.810. The summed E-state index contributed by atoms with van der Waals surface area (Å²) in [4.78, 5) is 11.3. The highest BCUT2D eigenvalue weighted by atomic mass is 35.5. The average Bonchev–Trinajstić information content (AvgIpc) is 2.41. The van der Waals surface area contributed by atoms with Crippen LogP contribution in [0.15, 0.2) is 18.2 Å². The van der Waals surface area contributed by atoms with E-state index in [1.54, 1.807) is 6.92 Å². The van der Waals surface area contributed by atoms with Gasteiger partial charge in [-0.25, -0.2) is 0 Å². The van der Waals surface area contributed by atoms with Crippen LogP contribution in [-0.4, -0.2) is 22.0 Å². The molecule has 4 nitrogen and oxygen atoms in total. The number of aliphatic hydroxyl groups excluding tert-OH is 1. The molecule has 6 heteroatoms. The van der Waals surface area contributed by atoms with Crippen LogP contribution in [0.1, 0.15) is 43.4 Å². The van der Waals surface area contributed by atoms with Crippen molar-refractivity contribution in [3.63, 3.8) is 0 Å². The molecule has 1 aliphatic rings. The van der Waals surface area contributed by atoms with Crippen molar-refractivity contribution in [2.75, 3.05) is 11.9 Å². The van der Waals surface area contributed by atoms with Crippen LogP contribution in [0.25, 0.3) is 0 Å². The normalized spacial score (nSPS) is 16.3. The van der Waals surface area contributed by atoms with Crippen LogP contribution in [0.4, 0.5) is 5.69 Å². The van der Waals surface area contributed by atoms with E-state index in [1.165, 1.54) is 0 Å². The van der Waals surface area contributed by atoms with Crippen LogP contribution >= 0.6 is 23.2 Å². The summed E-state index contributed by atoms with van der Waals surface area (Å²) in [6.45, 7) is 2.31. The Morgan fingerprint density at radius 3 is 2.90 bits per heavy atom. The zero-order valence-corrected chi connectivity index (χ0v) is 13.5. The van der Waals surface area contributed by atoms with Crippen LogP contribution in [0.5, 0.6) is 0 Å². The molecular weight excluding hydrogens is 311 g/mol. The van der Waals surface area contributed by atoms with Crippen LogP contribution in [0.3, 0.4) is 0 Å². The van der Waals surface area contributed by atoms with Crippen LogP contribution in [0.2, 0.25) is 0 Å². The molecule has 2 rings (SSSR count). The van der Waals surface area contributed by atoms with E-state index in [0.717, 1.165) is 29.7 Å². The maximum atomic E-state index is 11.3. The molecule has 21 heavy (non-hydrogen) atoms. The van der Waals surface area contributed by atoms with Crippen molar-refractivity contribution in [3.05, 3.63) is 29.3 Å². The number of benzene rings is 1. The number of hydrogen-bond acceptors (Lipinski definition) is 3. The number of rotatable bonds is 6. The van der Waals surface area contributed by atoms with Crippen LogP contribution < -0.4 is 10.6 Å². The van der Waals surface area contributed by atoms with Crippen LogP contribution in [-0.2, 0) is 11.2 Å². The van der Waals surface area contributed by atoms with Gasteiger partial charge in [-0.1, -0.05) is 35.3 Å². The van der Waals surface area contributed by atoms with Gasteiger partial charge in [-0.3, -0.25) is 10.1 Å². The Balaban J connectivity index is 1.88. The molecule has 0 saturated carbocycles. The Labute approximate surface area is 134 Å². The number of nitrogens with one attached hydrogen (secondary N) is 2. The van der Waals surface area contributed by atoms with Gasteiger partial charge in [0.15, 0.2) is 4.46 Å². The SMILES string of the molecule is CC(Cl)(Cl)NCCCC(O)c1ccc2c(c1)CCC(=O)N2. The van der Waals surface area contributed by atoms with Crippen molar-refractivity contribution in [2.45, 2.75) is 43.2 Å². The third kappa shape index (κ3) is 5.15. The van der Waals surface area contributed by atoms with Gasteiger partial charge in [0.05, 0.1) is 6.10 Å². The van der Waals surface area contributed by atoms with Gasteiger partial charge in [-0.05, 0) is 49.9 Å². The van der Waals surface area contributed by atoms with Crippen molar-refractivity contribution in [1.82, 2.24) is 5.32 Å². The Morgan fingerprint density at radius 1 is 1.43 bits per heavy atom. The molecule has 0 spiro atoms. The lowest BCUT2D eigenvalue weighted by Gasteiger charge is -2.20. The first-order valence-corrected chi connectivity index (χ1v) is 7.84. The van der Waals surface area contributed by atoms with E-state index in [-0.39, 0.29) is 5.91 Å². The largest absolute Gasteiger partial charge is 0.388 e. The molecule has 1 aliphatic heterocycles. The van der Waals surface area contributed by atoms with Gasteiger partial charge >= 0.3 is 0 Å². The monoisotopic (exact) mass is 330 g/mol. The number of aryl methyl sites for hydroxylation is 1. The van der Waals surface area contributed by atoms with E-state index in [1.807, 2.05) is 18.2 Å². The van der Waals surface area contributed by atoms with E-state index in [0.29, 0.717) is 19.4 Å². The number of fused-ring (bicyclic) bond motifs is 1. The number of hydrogen-bond donors (Lipinski definition) is 3. The number of amides is 1. The second-order valence-corrected chi connectivity index (χ2v) is 7.14. The van der Waals surface area contributed by atoms with Crippen molar-refractivity contribution < 1.29 is 9.90 Å². The van der Waals surface area contributed by atoms with Crippen molar-refractivity contribution in [3.8, 4) is 0 Å². The van der Waals surface area contributed by atoms with Crippen molar-refractivity contribution >= 4 is 34.8 Å². The van der Waals surface area contributed by atoms with Gasteiger partial charge in [0, 0.05) is 12.1 Å². The molecule has 0 aliphatic carbocycles. The third-order valence-corrected chi connectivity index (χ3v) is 3.77. The first-order valence-electron chi connectivity index (χ1n) is 7.09. The summed E-state index contributed by atoms with van der Waals surface area (Å²) in [6, 6.07) is 5.69. The summed E-state index contributed by atoms with van der Waals surface area (Å²) in [5.74, 6) is 0.0482. The average molecular weight is 331 g/mol. The fraction of sp³-hybridized carbons (Fsp3) is 0.533. The molecule has 0 bridgehead atoms. The fourth-order valence-electron chi connectivity index (χ4n) is 2.38. The molecule has 1 atom stereocenters. The topological polar surface area (TPSA) is 61.4 Å². The van der Waals surface area contributed by atoms with E-state index in [9.17, 15) is 9.90 Å². The molecule has 1 unspecified atom stereocenters. The number of aliphatic hydroxyl groups is 1. The second-order valence-electron chi connectivity index (χ2n) is 5.44. The minimum atomic E-state index is -0.936. The van der Waals surface area contributed by atoms with E-state index in [4.69, 9.17) is 23.2 Å². The molecule has 0 radical (unpaired) electrons. The Morgan fingerprint density at radius 2 is 2.19 bits per heavy atom. The molecule has 0 saturated heterocycles. The van der Waals surface area contributed by atoms with E-state index < -0.39 is 10.6 Å². The zero-order chi connectivity index (χ0) is 15.5. The summed E-state index contributed by atoms with van der Waals surface area (Å²) in [5, 5.41) is 16.0. The molecule has 1 amide bonds. The van der Waals surface area contributed by atoms with Gasteiger partial charge in [0.2, 0.25) is 5.91 Å². The summed E-state index contributed by atoms with van der Waals surface area (Å²) in [7, 11) is 0. The Kier molecular flexibility index (Phi) is 5.49. The van der Waals surface area contributed by atoms with Gasteiger partial charge in [0.25, 0.3) is 0 Å². The van der Waals surface area contributed by atoms with E-state index >= 15 is 0 Å². The number of halogens is 2. The van der Waals surface area contributed by atoms with Crippen LogP contribution in [0, 0.1) is 0 Å². The molecule has 0 aromatic heterocycles. The number of anilines is 1. The summed E-state index contributed by atoms with van der Waals surface area (Å²) in [6.07, 6.45) is 2.10. The lowest BCUT2D eigenvalue weighted by Crippen LogP contribution is -2.31. The first-order chi connectivity index (χ1) is 9.85. The predicted octanol–water partition coefficient (Wildman–Crippen LogP) is 3.13. The smallest absolute Gasteiger partial charge is 0.224 e. The molecule has 1 heterocycles. The highest BCUT2D eigenvalue weighted by Crippen LogP contribution is 2.27. The van der Waals surface area contributed by atoms with E-state index in [2.05, 4.69) is 10.6 Å². The maximum absolute atomic E-state index is 11.3. The molecular formula is C15H20Cl2N2O2. The minimum Gasteiger partial charge on any atom is -0.388 e. The highest BCUT2D eigenvalue weighted by molar-refractivity contribution is 6.47. The summed E-state index contributed by atoms with van der Waals surface area (Å²) in [5.41, 5.74) is 2.81. The maximum Gasteiger partial charge on any atom is 0.224 e. The number of alkyl halides is 2. The number of carbonyl (C=O) groups is 1. The van der Waals surface area contributed by atoms with Gasteiger partial charge in [-0.2, -0.15) is 0 Å². The number of carbonyl (C=O) groups excluding carboxylic acids is 1. The predicted molar refractivity (Wildman–Crippen MR) is 85.7 cm³/mol. The Bertz CT molecular complexity index is 515. The molecule has 0 fully saturated rings. The lowest BCUT2D eigenvalue weighted by atomic mass is 9.97. The third-order valence-electron chi connectivity index (χ3n) is 3.50. The second kappa shape index (κ2) is 6.97. The van der Waals surface area contributed by atoms with Crippen molar-refractivity contribution in [2.24, 2.45) is 0 Å². The highest BCUT2D eigenvalue weighted by Gasteiger charge is 2.17. The molecule has 1 aromatic rings. The zero-order valence-electron chi connectivity index (χ0n) is 12.0. The quantitative estimate of drug-likeness (QED) is 0.426. The van der Waals surface area contributed by atoms with Gasteiger partial charge in [0.1, 0.15) is 0 Å². The molecule has 1 aromatic carbocycles. The lowest BCUT2D eigenvalue weighted by molar-refractivity contribution is -0.116. The first kappa shape index (κ1) is 16.6. The summed E-state index contributed by atoms with van der Waals surface area (Å²) < 4.78 is -0.936. The summed E-state index contributed by atoms with van der Waals surface area (Å²) >= 11 is 11.6. The molecule has 116 valence electrons. The minimum absolute atomic E-state index is 0.0482. The standard InChI is InChI=1S/C15H20Cl2N2O2/c1-15(16,17)18-8-2-3-13(20)11-4-6-12-10(9-11)5-7-14(21)19-12/h4,6,9,13,18,20H,2-3,5,7-8H2,1H3,(H,19,21). The fourth-order valence-corrected chi connectivity index (χ4v) is 2.57. The molecule has 3 N–H and O–H groups in total. The van der Waals surface area contributed by atoms with Gasteiger partial charge < -0.3 is 10.4 Å². The van der Waals surface area contributed by atoms with Gasteiger partial charge in [-0.15, -0.1) is 0 Å². The van der Waals surface area contributed by atoms with Crippen molar-refractivity contribution in [1.29, 1.82) is 0 Å².